The van der Waals surface area contributed by atoms with Crippen LogP contribution in [0.4, 0.5) is 0 Å². The number of unbranched alkanes of at least 4 members (excludes halogenated alkanes) is 1. The Hall–Kier alpha value is -0.480. The number of hydrogen-bond donors (Lipinski definition) is 1. The fourth-order valence-corrected chi connectivity index (χ4v) is 2.48. The highest BCUT2D eigenvalue weighted by Crippen LogP contribution is 2.27. The smallest absolute Gasteiger partial charge is 0.00861 e. The van der Waals surface area contributed by atoms with E-state index in [1.165, 1.54) is 44.9 Å². The van der Waals surface area contributed by atoms with Crippen molar-refractivity contribution in [3.05, 3.63) is 0 Å². The molecule has 0 aliphatic heterocycles. The van der Waals surface area contributed by atoms with Crippen LogP contribution in [0.1, 0.15) is 51.4 Å². The minimum absolute atomic E-state index is 0.758. The largest absolute Gasteiger partial charge is 0.317 e. The lowest BCUT2D eigenvalue weighted by Gasteiger charge is -2.18. The normalized spacial score (nSPS) is 28.0. The Balaban J connectivity index is 2.24. The second kappa shape index (κ2) is 6.90. The first-order valence-corrected chi connectivity index (χ1v) is 5.97. The van der Waals surface area contributed by atoms with Gasteiger partial charge in [-0.3, -0.25) is 0 Å². The van der Waals surface area contributed by atoms with E-state index >= 15 is 0 Å². The van der Waals surface area contributed by atoms with Crippen LogP contribution in [-0.2, 0) is 0 Å². The van der Waals surface area contributed by atoms with Gasteiger partial charge in [0.05, 0.1) is 0 Å². The molecule has 1 rings (SSSR count). The predicted molar refractivity (Wildman–Crippen MR) is 62.1 cm³/mol. The van der Waals surface area contributed by atoms with Crippen LogP contribution in [0, 0.1) is 18.3 Å². The summed E-state index contributed by atoms with van der Waals surface area (Å²) in [7, 11) is 2.09. The van der Waals surface area contributed by atoms with Crippen molar-refractivity contribution in [2.24, 2.45) is 5.92 Å². The third kappa shape index (κ3) is 4.15. The average Bonchev–Trinajstić information content (AvgIpc) is 2.43. The molecule has 0 aromatic heterocycles. The van der Waals surface area contributed by atoms with Crippen molar-refractivity contribution in [1.29, 1.82) is 0 Å². The molecule has 80 valence electrons. The topological polar surface area (TPSA) is 12.0 Å². The minimum Gasteiger partial charge on any atom is -0.317 e. The molecule has 0 saturated heterocycles. The lowest BCUT2D eigenvalue weighted by molar-refractivity contribution is 0.375. The fourth-order valence-electron chi connectivity index (χ4n) is 2.48. The SMILES string of the molecule is C#CCCCC1CCCCC(NC)C1. The van der Waals surface area contributed by atoms with Crippen molar-refractivity contribution in [3.63, 3.8) is 0 Å². The maximum atomic E-state index is 5.27. The van der Waals surface area contributed by atoms with E-state index in [1.54, 1.807) is 0 Å². The van der Waals surface area contributed by atoms with Gasteiger partial charge in [0.25, 0.3) is 0 Å². The van der Waals surface area contributed by atoms with Gasteiger partial charge >= 0.3 is 0 Å². The van der Waals surface area contributed by atoms with Crippen LogP contribution in [-0.4, -0.2) is 13.1 Å². The van der Waals surface area contributed by atoms with Gasteiger partial charge in [0.1, 0.15) is 0 Å². The average molecular weight is 193 g/mol. The molecule has 0 aromatic carbocycles. The van der Waals surface area contributed by atoms with E-state index in [0.29, 0.717) is 0 Å². The number of nitrogens with one attached hydrogen (secondary N) is 1. The second-order valence-electron chi connectivity index (χ2n) is 4.47. The highest BCUT2D eigenvalue weighted by Gasteiger charge is 2.18. The summed E-state index contributed by atoms with van der Waals surface area (Å²) >= 11 is 0. The standard InChI is InChI=1S/C13H23N/c1-3-4-5-8-12-9-6-7-10-13(11-12)14-2/h1,12-14H,4-11H2,2H3. The second-order valence-corrected chi connectivity index (χ2v) is 4.47. The Morgan fingerprint density at radius 2 is 2.14 bits per heavy atom. The number of terminal acetylenes is 1. The molecule has 1 nitrogen and oxygen atoms in total. The van der Waals surface area contributed by atoms with E-state index < -0.39 is 0 Å². The van der Waals surface area contributed by atoms with Gasteiger partial charge in [-0.05, 0) is 38.6 Å². The molecule has 1 aliphatic rings. The van der Waals surface area contributed by atoms with Crippen molar-refractivity contribution in [2.75, 3.05) is 7.05 Å². The molecule has 1 fully saturated rings. The van der Waals surface area contributed by atoms with Crippen LogP contribution in [0.15, 0.2) is 0 Å². The maximum absolute atomic E-state index is 5.27. The molecule has 2 unspecified atom stereocenters. The monoisotopic (exact) mass is 193 g/mol. The zero-order valence-corrected chi connectivity index (χ0v) is 9.39. The van der Waals surface area contributed by atoms with Gasteiger partial charge in [-0.15, -0.1) is 12.3 Å². The summed E-state index contributed by atoms with van der Waals surface area (Å²) in [5.41, 5.74) is 0. The van der Waals surface area contributed by atoms with E-state index in [2.05, 4.69) is 18.3 Å². The summed E-state index contributed by atoms with van der Waals surface area (Å²) < 4.78 is 0. The molecule has 1 N–H and O–H groups in total. The molecule has 0 bridgehead atoms. The Morgan fingerprint density at radius 3 is 2.86 bits per heavy atom. The Bertz CT molecular complexity index is 180. The van der Waals surface area contributed by atoms with Gasteiger partial charge in [-0.2, -0.15) is 0 Å². The Morgan fingerprint density at radius 1 is 1.36 bits per heavy atom. The van der Waals surface area contributed by atoms with Crippen LogP contribution in [0.25, 0.3) is 0 Å². The molecular weight excluding hydrogens is 170 g/mol. The zero-order chi connectivity index (χ0) is 10.2. The molecule has 0 radical (unpaired) electrons. The first-order valence-electron chi connectivity index (χ1n) is 5.97. The van der Waals surface area contributed by atoms with Gasteiger partial charge in [-0.25, -0.2) is 0 Å². The van der Waals surface area contributed by atoms with Gasteiger partial charge < -0.3 is 5.32 Å². The summed E-state index contributed by atoms with van der Waals surface area (Å²) in [6, 6.07) is 0.758. The third-order valence-corrected chi connectivity index (χ3v) is 3.37. The fraction of sp³-hybridized carbons (Fsp3) is 0.846. The van der Waals surface area contributed by atoms with Crippen LogP contribution < -0.4 is 5.32 Å². The maximum Gasteiger partial charge on any atom is 0.00861 e. The summed E-state index contributed by atoms with van der Waals surface area (Å²) in [4.78, 5) is 0. The van der Waals surface area contributed by atoms with E-state index in [4.69, 9.17) is 6.42 Å². The van der Waals surface area contributed by atoms with Gasteiger partial charge in [0.15, 0.2) is 0 Å². The molecule has 0 aromatic rings. The third-order valence-electron chi connectivity index (χ3n) is 3.37. The van der Waals surface area contributed by atoms with Gasteiger partial charge in [-0.1, -0.05) is 19.3 Å². The van der Waals surface area contributed by atoms with Crippen LogP contribution in [0.3, 0.4) is 0 Å². The Labute approximate surface area is 88.7 Å². The molecule has 0 spiro atoms. The van der Waals surface area contributed by atoms with Crippen molar-refractivity contribution < 1.29 is 0 Å². The summed E-state index contributed by atoms with van der Waals surface area (Å²) in [5, 5.41) is 3.42. The highest BCUT2D eigenvalue weighted by molar-refractivity contribution is 4.84. The van der Waals surface area contributed by atoms with E-state index in [0.717, 1.165) is 18.4 Å². The lowest BCUT2D eigenvalue weighted by atomic mass is 9.92. The van der Waals surface area contributed by atoms with Crippen LogP contribution in [0.2, 0.25) is 0 Å². The first-order chi connectivity index (χ1) is 6.86. The Kier molecular flexibility index (Phi) is 5.71. The summed E-state index contributed by atoms with van der Waals surface area (Å²) in [6.07, 6.45) is 15.7. The van der Waals surface area contributed by atoms with Crippen molar-refractivity contribution in [1.82, 2.24) is 5.32 Å². The summed E-state index contributed by atoms with van der Waals surface area (Å²) in [5.74, 6) is 3.65. The molecule has 0 heterocycles. The summed E-state index contributed by atoms with van der Waals surface area (Å²) in [6.45, 7) is 0. The number of rotatable bonds is 4. The van der Waals surface area contributed by atoms with Crippen molar-refractivity contribution in [2.45, 2.75) is 57.4 Å². The molecule has 1 aliphatic carbocycles. The van der Waals surface area contributed by atoms with Crippen LogP contribution in [0.5, 0.6) is 0 Å². The van der Waals surface area contributed by atoms with E-state index in [-0.39, 0.29) is 0 Å². The van der Waals surface area contributed by atoms with Crippen molar-refractivity contribution in [3.8, 4) is 12.3 Å². The van der Waals surface area contributed by atoms with Gasteiger partial charge in [0.2, 0.25) is 0 Å². The van der Waals surface area contributed by atoms with E-state index in [9.17, 15) is 0 Å². The van der Waals surface area contributed by atoms with Crippen LogP contribution >= 0.6 is 0 Å². The number of hydrogen-bond acceptors (Lipinski definition) is 1. The zero-order valence-electron chi connectivity index (χ0n) is 9.39. The van der Waals surface area contributed by atoms with Crippen molar-refractivity contribution >= 4 is 0 Å². The molecule has 2 atom stereocenters. The first kappa shape index (κ1) is 11.6. The molecule has 1 saturated carbocycles. The molecule has 0 amide bonds. The highest BCUT2D eigenvalue weighted by atomic mass is 14.9. The van der Waals surface area contributed by atoms with E-state index in [1.807, 2.05) is 0 Å². The minimum atomic E-state index is 0.758. The molecule has 1 heteroatoms. The lowest BCUT2D eigenvalue weighted by Crippen LogP contribution is -2.26. The quantitative estimate of drug-likeness (QED) is 0.411. The van der Waals surface area contributed by atoms with Gasteiger partial charge in [0, 0.05) is 12.5 Å². The molecule has 14 heavy (non-hydrogen) atoms. The molecular formula is C13H23N. The predicted octanol–water partition coefficient (Wildman–Crippen LogP) is 2.96.